The molecule has 1 amide bonds. The number of nitrogens with one attached hydrogen (secondary N) is 2. The van der Waals surface area contributed by atoms with E-state index in [4.69, 9.17) is 5.73 Å². The molecular weight excluding hydrogens is 280 g/mol. The highest BCUT2D eigenvalue weighted by molar-refractivity contribution is 7.91. The van der Waals surface area contributed by atoms with Crippen molar-refractivity contribution in [1.82, 2.24) is 15.5 Å². The molecule has 1 saturated heterocycles. The summed E-state index contributed by atoms with van der Waals surface area (Å²) in [4.78, 5) is 12.2. The number of sulfone groups is 1. The number of rotatable bonds is 3. The predicted molar refractivity (Wildman–Crippen MR) is 76.2 cm³/mol. The maximum absolute atomic E-state index is 12.2. The number of aromatic amines is 1. The molecule has 0 spiro atoms. The van der Waals surface area contributed by atoms with E-state index < -0.39 is 21.3 Å². The van der Waals surface area contributed by atoms with E-state index in [-0.39, 0.29) is 23.1 Å². The van der Waals surface area contributed by atoms with Crippen LogP contribution in [-0.4, -0.2) is 41.6 Å². The quantitative estimate of drug-likeness (QED) is 0.747. The molecule has 1 atom stereocenters. The molecule has 2 heterocycles. The van der Waals surface area contributed by atoms with Crippen LogP contribution in [0.1, 0.15) is 49.3 Å². The SMILES string of the molecule is CC(C)c1[nH]nc(C(=O)NC2(C)CCS(=O)(=O)C2)c1N. The maximum atomic E-state index is 12.2. The number of nitrogen functional groups attached to an aromatic ring is 1. The molecule has 0 aromatic carbocycles. The summed E-state index contributed by atoms with van der Waals surface area (Å²) < 4.78 is 23.1. The number of carbonyl (C=O) groups is 1. The molecule has 8 heteroatoms. The molecule has 4 N–H and O–H groups in total. The lowest BCUT2D eigenvalue weighted by atomic mass is 10.0. The minimum atomic E-state index is -3.07. The Morgan fingerprint density at radius 1 is 1.50 bits per heavy atom. The van der Waals surface area contributed by atoms with Crippen molar-refractivity contribution in [3.05, 3.63) is 11.4 Å². The number of carbonyl (C=O) groups excluding carboxylic acids is 1. The van der Waals surface area contributed by atoms with Crippen LogP contribution >= 0.6 is 0 Å². The average Bonchev–Trinajstić information content (AvgIpc) is 2.79. The number of anilines is 1. The zero-order valence-electron chi connectivity index (χ0n) is 11.9. The first kappa shape index (κ1) is 14.8. The van der Waals surface area contributed by atoms with Gasteiger partial charge in [-0.2, -0.15) is 5.10 Å². The normalized spacial score (nSPS) is 25.0. The lowest BCUT2D eigenvalue weighted by Crippen LogP contribution is -2.47. The molecule has 112 valence electrons. The second-order valence-corrected chi connectivity index (χ2v) is 8.10. The lowest BCUT2D eigenvalue weighted by molar-refractivity contribution is 0.0911. The Morgan fingerprint density at radius 2 is 2.15 bits per heavy atom. The highest BCUT2D eigenvalue weighted by atomic mass is 32.2. The van der Waals surface area contributed by atoms with Crippen LogP contribution in [0.5, 0.6) is 0 Å². The molecule has 2 rings (SSSR count). The van der Waals surface area contributed by atoms with Crippen molar-refractivity contribution in [3.8, 4) is 0 Å². The maximum Gasteiger partial charge on any atom is 0.274 e. The number of aromatic nitrogens is 2. The van der Waals surface area contributed by atoms with Gasteiger partial charge in [0.05, 0.1) is 28.4 Å². The minimum absolute atomic E-state index is 0.0485. The number of H-pyrrole nitrogens is 1. The van der Waals surface area contributed by atoms with Crippen molar-refractivity contribution in [2.75, 3.05) is 17.2 Å². The van der Waals surface area contributed by atoms with E-state index in [1.54, 1.807) is 6.92 Å². The van der Waals surface area contributed by atoms with Crippen molar-refractivity contribution in [1.29, 1.82) is 0 Å². The molecule has 20 heavy (non-hydrogen) atoms. The zero-order chi connectivity index (χ0) is 15.1. The summed E-state index contributed by atoms with van der Waals surface area (Å²) in [7, 11) is -3.07. The van der Waals surface area contributed by atoms with E-state index in [1.807, 2.05) is 13.8 Å². The third-order valence-electron chi connectivity index (χ3n) is 3.54. The Labute approximate surface area is 118 Å². The molecule has 1 aromatic rings. The number of nitrogens with two attached hydrogens (primary N) is 1. The van der Waals surface area contributed by atoms with E-state index in [1.165, 1.54) is 0 Å². The third kappa shape index (κ3) is 2.79. The fourth-order valence-electron chi connectivity index (χ4n) is 2.42. The summed E-state index contributed by atoms with van der Waals surface area (Å²) in [5.74, 6) is -0.263. The highest BCUT2D eigenvalue weighted by Gasteiger charge is 2.40. The Bertz CT molecular complexity index is 635. The molecule has 1 aliphatic rings. The largest absolute Gasteiger partial charge is 0.395 e. The van der Waals surface area contributed by atoms with Crippen LogP contribution in [-0.2, 0) is 9.84 Å². The van der Waals surface area contributed by atoms with Gasteiger partial charge in [-0.3, -0.25) is 9.89 Å². The van der Waals surface area contributed by atoms with Gasteiger partial charge in [-0.1, -0.05) is 13.8 Å². The van der Waals surface area contributed by atoms with Gasteiger partial charge in [0.25, 0.3) is 5.91 Å². The fourth-order valence-corrected chi connectivity index (χ4v) is 4.51. The number of hydrogen-bond acceptors (Lipinski definition) is 5. The van der Waals surface area contributed by atoms with E-state index in [0.29, 0.717) is 17.8 Å². The summed E-state index contributed by atoms with van der Waals surface area (Å²) in [5.41, 5.74) is 6.31. The highest BCUT2D eigenvalue weighted by Crippen LogP contribution is 2.25. The van der Waals surface area contributed by atoms with Crippen molar-refractivity contribution >= 4 is 21.4 Å². The Morgan fingerprint density at radius 3 is 2.60 bits per heavy atom. The van der Waals surface area contributed by atoms with Crippen molar-refractivity contribution in [2.45, 2.75) is 38.6 Å². The van der Waals surface area contributed by atoms with Crippen molar-refractivity contribution < 1.29 is 13.2 Å². The second-order valence-electron chi connectivity index (χ2n) is 5.91. The number of hydrogen-bond donors (Lipinski definition) is 3. The van der Waals surface area contributed by atoms with E-state index >= 15 is 0 Å². The standard InChI is InChI=1S/C12H20N4O3S/c1-7(2)9-8(13)10(16-15-9)11(17)14-12(3)4-5-20(18,19)6-12/h7H,4-6,13H2,1-3H3,(H,14,17)(H,15,16). The molecular formula is C12H20N4O3S. The van der Waals surface area contributed by atoms with Gasteiger partial charge < -0.3 is 11.1 Å². The van der Waals surface area contributed by atoms with Crippen LogP contribution in [0.3, 0.4) is 0 Å². The minimum Gasteiger partial charge on any atom is -0.395 e. The van der Waals surface area contributed by atoms with Gasteiger partial charge in [0.1, 0.15) is 0 Å². The van der Waals surface area contributed by atoms with Crippen LogP contribution in [0.25, 0.3) is 0 Å². The summed E-state index contributed by atoms with van der Waals surface area (Å²) in [6.07, 6.45) is 0.405. The van der Waals surface area contributed by atoms with Gasteiger partial charge in [-0.05, 0) is 19.3 Å². The molecule has 1 aliphatic heterocycles. The van der Waals surface area contributed by atoms with Crippen LogP contribution in [0.2, 0.25) is 0 Å². The molecule has 1 aromatic heterocycles. The summed E-state index contributed by atoms with van der Waals surface area (Å²) >= 11 is 0. The van der Waals surface area contributed by atoms with Gasteiger partial charge in [0.15, 0.2) is 15.5 Å². The fraction of sp³-hybridized carbons (Fsp3) is 0.667. The van der Waals surface area contributed by atoms with Gasteiger partial charge >= 0.3 is 0 Å². The third-order valence-corrected chi connectivity index (χ3v) is 5.45. The van der Waals surface area contributed by atoms with Crippen molar-refractivity contribution in [2.24, 2.45) is 0 Å². The molecule has 0 radical (unpaired) electrons. The summed E-state index contributed by atoms with van der Waals surface area (Å²) in [6, 6.07) is 0. The monoisotopic (exact) mass is 300 g/mol. The first-order chi connectivity index (χ1) is 9.14. The van der Waals surface area contributed by atoms with Gasteiger partial charge in [0, 0.05) is 0 Å². The molecule has 1 unspecified atom stereocenters. The molecule has 0 saturated carbocycles. The molecule has 7 nitrogen and oxygen atoms in total. The smallest absolute Gasteiger partial charge is 0.274 e. The number of amides is 1. The van der Waals surface area contributed by atoms with E-state index in [0.717, 1.165) is 0 Å². The average molecular weight is 300 g/mol. The molecule has 0 bridgehead atoms. The molecule has 1 fully saturated rings. The van der Waals surface area contributed by atoms with E-state index in [2.05, 4.69) is 15.5 Å². The topological polar surface area (TPSA) is 118 Å². The molecule has 0 aliphatic carbocycles. The van der Waals surface area contributed by atoms with Crippen LogP contribution in [0.15, 0.2) is 0 Å². The van der Waals surface area contributed by atoms with Gasteiger partial charge in [-0.15, -0.1) is 0 Å². The zero-order valence-corrected chi connectivity index (χ0v) is 12.7. The van der Waals surface area contributed by atoms with E-state index in [9.17, 15) is 13.2 Å². The van der Waals surface area contributed by atoms with Crippen LogP contribution < -0.4 is 11.1 Å². The predicted octanol–water partition coefficient (Wildman–Crippen LogP) is 0.422. The van der Waals surface area contributed by atoms with Crippen LogP contribution in [0.4, 0.5) is 5.69 Å². The Balaban J connectivity index is 2.17. The number of nitrogens with zero attached hydrogens (tertiary/aromatic N) is 1. The Kier molecular flexibility index (Phi) is 3.53. The second kappa shape index (κ2) is 4.76. The summed E-state index contributed by atoms with van der Waals surface area (Å²) in [6.45, 7) is 5.61. The summed E-state index contributed by atoms with van der Waals surface area (Å²) in [5, 5.41) is 9.43. The Hall–Kier alpha value is -1.57. The van der Waals surface area contributed by atoms with Gasteiger partial charge in [-0.25, -0.2) is 8.42 Å². The first-order valence-corrected chi connectivity index (χ1v) is 8.32. The van der Waals surface area contributed by atoms with Crippen LogP contribution in [0, 0.1) is 0 Å². The lowest BCUT2D eigenvalue weighted by Gasteiger charge is -2.23. The first-order valence-electron chi connectivity index (χ1n) is 6.50. The van der Waals surface area contributed by atoms with Crippen molar-refractivity contribution in [3.63, 3.8) is 0 Å². The van der Waals surface area contributed by atoms with Gasteiger partial charge in [0.2, 0.25) is 0 Å².